The van der Waals surface area contributed by atoms with Crippen molar-refractivity contribution in [2.75, 3.05) is 0 Å². The van der Waals surface area contributed by atoms with Gasteiger partial charge in [-0.25, -0.2) is 9.97 Å². The Balaban J connectivity index is 1.79. The second-order valence-electron chi connectivity index (χ2n) is 27.3. The highest BCUT2D eigenvalue weighted by atomic mass is 19.5. The average Bonchev–Trinajstić information content (AvgIpc) is 1.07. The molecular formula is C68H30F48N4O8. The molecule has 4 aromatic carbocycles. The first kappa shape index (κ1) is 102. The van der Waals surface area contributed by atoms with Crippen LogP contribution in [-0.4, -0.2) is 160 Å². The van der Waals surface area contributed by atoms with Crippen LogP contribution >= 0.6 is 0 Å². The molecular weight excluding hydrogens is 1910 g/mol. The third-order valence-electron chi connectivity index (χ3n) is 19.5. The Morgan fingerprint density at radius 2 is 0.266 bits per heavy atom. The number of hydrogen-bond acceptors (Lipinski definition) is 10. The van der Waals surface area contributed by atoms with Gasteiger partial charge in [-0.3, -0.25) is 0 Å². The third-order valence-corrected chi connectivity index (χ3v) is 19.5. The van der Waals surface area contributed by atoms with E-state index in [1.165, 1.54) is 9.97 Å². The maximum atomic E-state index is 15.1. The van der Waals surface area contributed by atoms with Gasteiger partial charge in [0.2, 0.25) is 0 Å². The lowest BCUT2D eigenvalue weighted by Crippen LogP contribution is -2.55. The molecule has 2 aliphatic heterocycles. The van der Waals surface area contributed by atoms with E-state index in [4.69, 9.17) is 0 Å². The van der Waals surface area contributed by atoms with E-state index >= 15 is 211 Å². The maximum absolute atomic E-state index is 15.1. The van der Waals surface area contributed by atoms with Gasteiger partial charge in [0, 0.05) is 88.8 Å². The number of benzene rings is 4. The van der Waals surface area contributed by atoms with Crippen molar-refractivity contribution < 1.29 is 252 Å². The Kier molecular flexibility index (Phi) is 23.5. The normalized spacial score (nSPS) is 15.4. The number of nitrogens with zero attached hydrogens (tertiary/aromatic N) is 2. The average molecular weight is 1940 g/mol. The number of hydrogen-bond donors (Lipinski definition) is 10. The molecule has 8 bridgehead atoms. The van der Waals surface area contributed by atoms with Gasteiger partial charge < -0.3 is 50.8 Å². The minimum Gasteiger partial charge on any atom is -0.369 e. The molecule has 0 amide bonds. The molecule has 706 valence electrons. The first-order chi connectivity index (χ1) is 56.6. The van der Waals surface area contributed by atoms with E-state index in [1.807, 2.05) is 0 Å². The fourth-order valence-corrected chi connectivity index (χ4v) is 13.1. The number of aliphatic hydroxyl groups is 8. The lowest BCUT2D eigenvalue weighted by molar-refractivity contribution is -0.379. The van der Waals surface area contributed by atoms with Crippen LogP contribution in [0.1, 0.15) is 67.3 Å². The molecule has 0 spiro atoms. The molecule has 0 atom stereocenters. The molecule has 128 heavy (non-hydrogen) atoms. The number of rotatable bonds is 12. The SMILES string of the molecule is OC(c1cc(-c2c3nc(c(-c4cc(C(O)(C(F)(F)F)C(F)(F)F)cc(C(O)(C(F)(F)F)C(F)(F)F)c4)c4ccc([nH]4)c(-c4cc(C(O)(C(F)(F)F)C(F)(F)F)cc(C(O)(C(F)(F)F)C(F)(F)F)c4)c4nc(c(-c5cc(C(O)(C(F)(F)F)C(F)(F)F)cc(C(O)(C(F)(F)F)C(F)(F)F)c5)c5ccc2[nH]5)C=C4)C=C3)cc(C(O)(C(F)(F)F)C(F)(F)F)c1)(C(F)(F)F)C(F)(F)F. The molecule has 0 fully saturated rings. The van der Waals surface area contributed by atoms with Crippen LogP contribution in [0.5, 0.6) is 0 Å². The van der Waals surface area contributed by atoms with Crippen LogP contribution in [0.4, 0.5) is 211 Å². The third kappa shape index (κ3) is 15.5. The Bertz CT molecular complexity index is 4720. The first-order valence-corrected chi connectivity index (χ1v) is 32.3. The van der Waals surface area contributed by atoms with E-state index in [0.717, 1.165) is 0 Å². The van der Waals surface area contributed by atoms with Crippen LogP contribution in [0.3, 0.4) is 0 Å². The number of H-pyrrole nitrogens is 2. The second kappa shape index (κ2) is 29.7. The summed E-state index contributed by atoms with van der Waals surface area (Å²) >= 11 is 0. The van der Waals surface area contributed by atoms with Gasteiger partial charge in [0.25, 0.3) is 44.8 Å². The highest BCUT2D eigenvalue weighted by molar-refractivity contribution is 6.00. The lowest BCUT2D eigenvalue weighted by Gasteiger charge is -2.36. The highest BCUT2D eigenvalue weighted by Gasteiger charge is 2.80. The zero-order valence-corrected chi connectivity index (χ0v) is 59.2. The van der Waals surface area contributed by atoms with Gasteiger partial charge in [-0.05, 0) is 144 Å². The van der Waals surface area contributed by atoms with Gasteiger partial charge in [0.1, 0.15) is 0 Å². The second-order valence-corrected chi connectivity index (χ2v) is 27.3. The Morgan fingerprint density at radius 3 is 0.359 bits per heavy atom. The summed E-state index contributed by atoms with van der Waals surface area (Å²) in [6.07, 6.45) is -125. The van der Waals surface area contributed by atoms with Gasteiger partial charge in [-0.1, -0.05) is 0 Å². The van der Waals surface area contributed by atoms with Crippen molar-refractivity contribution in [1.29, 1.82) is 0 Å². The summed E-state index contributed by atoms with van der Waals surface area (Å²) in [6.45, 7) is 0. The molecule has 5 heterocycles. The van der Waals surface area contributed by atoms with E-state index in [1.54, 1.807) is 0 Å². The van der Waals surface area contributed by atoms with Crippen LogP contribution in [0.2, 0.25) is 0 Å². The van der Waals surface area contributed by atoms with E-state index in [2.05, 4.69) is 9.97 Å². The van der Waals surface area contributed by atoms with Gasteiger partial charge in [-0.2, -0.15) is 211 Å². The van der Waals surface area contributed by atoms with Gasteiger partial charge in [0.05, 0.1) is 22.8 Å². The van der Waals surface area contributed by atoms with Gasteiger partial charge >= 0.3 is 98.8 Å². The van der Waals surface area contributed by atoms with Crippen molar-refractivity contribution in [3.8, 4) is 44.5 Å². The van der Waals surface area contributed by atoms with Crippen LogP contribution in [0.15, 0.2) is 97.1 Å². The summed E-state index contributed by atoms with van der Waals surface area (Å²) in [5.41, 5.74) is -123. The van der Waals surface area contributed by atoms with Crippen molar-refractivity contribution in [2.24, 2.45) is 0 Å². The molecule has 7 aromatic rings. The zero-order chi connectivity index (χ0) is 98.8. The van der Waals surface area contributed by atoms with Gasteiger partial charge in [-0.15, -0.1) is 0 Å². The maximum Gasteiger partial charge on any atom is 0.430 e. The summed E-state index contributed by atoms with van der Waals surface area (Å²) in [5, 5.41) is 85.6. The molecule has 9 rings (SSSR count). The number of halogens is 48. The molecule has 12 nitrogen and oxygen atoms in total. The number of fused-ring (bicyclic) bond motifs is 8. The van der Waals surface area contributed by atoms with Crippen molar-refractivity contribution >= 4 is 46.4 Å². The predicted molar refractivity (Wildman–Crippen MR) is 329 cm³/mol. The fourth-order valence-electron chi connectivity index (χ4n) is 13.1. The molecule has 0 saturated heterocycles. The number of alkyl halides is 48. The van der Waals surface area contributed by atoms with Crippen molar-refractivity contribution in [3.63, 3.8) is 0 Å². The number of nitrogens with one attached hydrogen (secondary N) is 2. The molecule has 60 heteroatoms. The Morgan fingerprint density at radius 1 is 0.164 bits per heavy atom. The summed E-state index contributed by atoms with van der Waals surface area (Å²) in [4.78, 5) is 9.90. The number of aromatic nitrogens is 4. The standard InChI is InChI=1S/C68H30F48N4O8/c69-53(70,71)45(121,54(72,73)74)25-9-21(10-26(17-25)46(122,55(75,76)77)56(78,79)80)41-33-1-2-34(117-33)42(22-11-27(47(123,57(81,82)83)58(84,85)86)18-28(12-22)48(124,59(87,88)89)60(90,91)92)36-5-6-38(119-36)44(24-15-31(51(127,65(105,106)107)66(108,109)110)20-32(16-24)52(128,67(111,112)113)68(114,115)116)40-8-7-39(120-40)43(37-4-3-35(41)118-37)23-13-29(49(125,61(93,94)95)62(96,97)98)19-30(14-23)50(126,63(99,100)101)64(102,103)104/h1-20,117,120-128H. The quantitative estimate of drug-likeness (QED) is 0.0522. The number of aromatic amines is 2. The van der Waals surface area contributed by atoms with Gasteiger partial charge in [0.15, 0.2) is 0 Å². The smallest absolute Gasteiger partial charge is 0.369 e. The topological polar surface area (TPSA) is 219 Å². The lowest BCUT2D eigenvalue weighted by atomic mass is 9.82. The van der Waals surface area contributed by atoms with Crippen LogP contribution in [-0.2, 0) is 44.8 Å². The van der Waals surface area contributed by atoms with E-state index in [0.29, 0.717) is 0 Å². The first-order valence-electron chi connectivity index (χ1n) is 32.3. The zero-order valence-electron chi connectivity index (χ0n) is 59.2. The summed E-state index contributed by atoms with van der Waals surface area (Å²) < 4.78 is 723. The Labute approximate surface area is 669 Å². The molecule has 0 saturated carbocycles. The summed E-state index contributed by atoms with van der Waals surface area (Å²) in [6, 6.07) is -17.4. The Hall–Kier alpha value is -10.2. The van der Waals surface area contributed by atoms with Crippen molar-refractivity contribution in [1.82, 2.24) is 19.9 Å². The van der Waals surface area contributed by atoms with Crippen molar-refractivity contribution in [2.45, 2.75) is 144 Å². The van der Waals surface area contributed by atoms with Crippen LogP contribution in [0.25, 0.3) is 90.9 Å². The minimum atomic E-state index is -7.72. The summed E-state index contributed by atoms with van der Waals surface area (Å²) in [7, 11) is 0. The molecule has 0 radical (unpaired) electrons. The van der Waals surface area contributed by atoms with Crippen LogP contribution in [0, 0.1) is 0 Å². The molecule has 0 aliphatic carbocycles. The molecule has 2 aliphatic rings. The minimum absolute atomic E-state index is 0.321. The van der Waals surface area contributed by atoms with Crippen LogP contribution < -0.4 is 0 Å². The molecule has 3 aromatic heterocycles. The van der Waals surface area contributed by atoms with Crippen molar-refractivity contribution in [3.05, 3.63) is 164 Å². The molecule has 10 N–H and O–H groups in total. The monoisotopic (exact) mass is 1940 g/mol. The fraction of sp³-hybridized carbons (Fsp3) is 0.353. The summed E-state index contributed by atoms with van der Waals surface area (Å²) in [5.74, 6) is 0. The largest absolute Gasteiger partial charge is 0.430 e. The predicted octanol–water partition coefficient (Wildman–Crippen LogP) is 21.8. The van der Waals surface area contributed by atoms with E-state index < -0.39 is 350 Å². The molecule has 0 unspecified atom stereocenters. The van der Waals surface area contributed by atoms with E-state index in [-0.39, 0.29) is 48.6 Å². The highest BCUT2D eigenvalue weighted by Crippen LogP contribution is 2.63. The van der Waals surface area contributed by atoms with E-state index in [9.17, 15) is 40.9 Å².